The van der Waals surface area contributed by atoms with Crippen molar-refractivity contribution >= 4 is 6.34 Å². The summed E-state index contributed by atoms with van der Waals surface area (Å²) >= 11 is 0. The van der Waals surface area contributed by atoms with Gasteiger partial charge in [-0.25, -0.2) is 5.43 Å². The lowest BCUT2D eigenvalue weighted by atomic mass is 9.98. The Morgan fingerprint density at radius 3 is 2.50 bits per heavy atom. The Balaban J connectivity index is 1.46. The van der Waals surface area contributed by atoms with Gasteiger partial charge in [0.05, 0.1) is 19.4 Å². The number of nitrogens with one attached hydrogen (secondary N) is 1. The van der Waals surface area contributed by atoms with E-state index in [-0.39, 0.29) is 0 Å². The summed E-state index contributed by atoms with van der Waals surface area (Å²) < 4.78 is 0. The van der Waals surface area contributed by atoms with Gasteiger partial charge in [-0.3, -0.25) is 10.0 Å². The third-order valence-electron chi connectivity index (χ3n) is 3.68. The fourth-order valence-corrected chi connectivity index (χ4v) is 2.49. The highest BCUT2D eigenvalue weighted by Crippen LogP contribution is 2.48. The maximum Gasteiger partial charge on any atom is 0.0993 e. The second-order valence-electron chi connectivity index (χ2n) is 4.92. The number of nitrogens with zero attached hydrogens (tertiary/aromatic N) is 2. The van der Waals surface area contributed by atoms with Gasteiger partial charge in [0.25, 0.3) is 0 Å². The highest BCUT2D eigenvalue weighted by Gasteiger charge is 2.41. The van der Waals surface area contributed by atoms with E-state index in [0.717, 1.165) is 30.8 Å². The van der Waals surface area contributed by atoms with Crippen LogP contribution in [0.2, 0.25) is 0 Å². The van der Waals surface area contributed by atoms with Crippen LogP contribution in [-0.2, 0) is 0 Å². The summed E-state index contributed by atoms with van der Waals surface area (Å²) in [5.41, 5.74) is 3.51. The first-order valence-corrected chi connectivity index (χ1v) is 5.93. The molecule has 0 bridgehead atoms. The number of hydrogen-bond donors (Lipinski definition) is 1. The molecule has 0 amide bonds. The number of rotatable bonds is 5. The summed E-state index contributed by atoms with van der Waals surface area (Å²) in [6.07, 6.45) is 7.87. The minimum atomic E-state index is 0.962. The molecule has 0 aromatic rings. The van der Waals surface area contributed by atoms with E-state index in [1.165, 1.54) is 32.2 Å². The van der Waals surface area contributed by atoms with Crippen molar-refractivity contribution in [1.29, 1.82) is 0 Å². The predicted octanol–water partition coefficient (Wildman–Crippen LogP) is 1.27. The monoisotopic (exact) mass is 193 g/mol. The fourth-order valence-electron chi connectivity index (χ4n) is 2.49. The van der Waals surface area contributed by atoms with Crippen molar-refractivity contribution in [1.82, 2.24) is 10.4 Å². The molecular formula is C11H19N3. The van der Waals surface area contributed by atoms with Crippen molar-refractivity contribution in [2.75, 3.05) is 19.6 Å². The Kier molecular flexibility index (Phi) is 2.20. The van der Waals surface area contributed by atoms with Crippen molar-refractivity contribution in [2.24, 2.45) is 22.7 Å². The Bertz CT molecular complexity index is 219. The molecule has 1 aliphatic heterocycles. The molecule has 78 valence electrons. The first kappa shape index (κ1) is 8.72. The molecular weight excluding hydrogens is 174 g/mol. The van der Waals surface area contributed by atoms with Crippen molar-refractivity contribution < 1.29 is 0 Å². The zero-order valence-corrected chi connectivity index (χ0v) is 8.65. The van der Waals surface area contributed by atoms with Crippen molar-refractivity contribution in [3.8, 4) is 0 Å². The SMILES string of the molecule is C1=NCCN1NCC(C1CC1)C1CC1. The maximum atomic E-state index is 4.20. The van der Waals surface area contributed by atoms with Gasteiger partial charge in [-0.05, 0) is 43.4 Å². The molecule has 1 heterocycles. The minimum Gasteiger partial charge on any atom is -0.297 e. The minimum absolute atomic E-state index is 0.962. The fraction of sp³-hybridized carbons (Fsp3) is 0.909. The van der Waals surface area contributed by atoms with Crippen molar-refractivity contribution in [3.05, 3.63) is 0 Å². The Labute approximate surface area is 85.5 Å². The third-order valence-corrected chi connectivity index (χ3v) is 3.68. The van der Waals surface area contributed by atoms with Gasteiger partial charge < -0.3 is 0 Å². The molecule has 14 heavy (non-hydrogen) atoms. The van der Waals surface area contributed by atoms with Crippen molar-refractivity contribution in [2.45, 2.75) is 25.7 Å². The first-order valence-electron chi connectivity index (χ1n) is 5.93. The van der Waals surface area contributed by atoms with E-state index in [1.807, 2.05) is 6.34 Å². The Morgan fingerprint density at radius 2 is 2.00 bits per heavy atom. The molecule has 0 unspecified atom stereocenters. The van der Waals surface area contributed by atoms with Crippen LogP contribution in [0.15, 0.2) is 4.99 Å². The molecule has 2 fully saturated rings. The summed E-state index contributed by atoms with van der Waals surface area (Å²) in [7, 11) is 0. The van der Waals surface area contributed by atoms with E-state index in [2.05, 4.69) is 15.4 Å². The van der Waals surface area contributed by atoms with Crippen LogP contribution < -0.4 is 5.43 Å². The van der Waals surface area contributed by atoms with E-state index in [0.29, 0.717) is 0 Å². The molecule has 0 aromatic carbocycles. The van der Waals surface area contributed by atoms with Crippen LogP contribution in [0.1, 0.15) is 25.7 Å². The largest absolute Gasteiger partial charge is 0.297 e. The molecule has 0 aromatic heterocycles. The van der Waals surface area contributed by atoms with Gasteiger partial charge in [-0.15, -0.1) is 0 Å². The van der Waals surface area contributed by atoms with Gasteiger partial charge in [-0.1, -0.05) is 0 Å². The topological polar surface area (TPSA) is 27.6 Å². The highest BCUT2D eigenvalue weighted by molar-refractivity contribution is 5.56. The molecule has 0 radical (unpaired) electrons. The van der Waals surface area contributed by atoms with Crippen LogP contribution in [-0.4, -0.2) is 31.0 Å². The maximum absolute atomic E-state index is 4.20. The highest BCUT2D eigenvalue weighted by atomic mass is 15.5. The average Bonchev–Trinajstić information content (AvgIpc) is 3.09. The average molecular weight is 193 g/mol. The van der Waals surface area contributed by atoms with Crippen LogP contribution in [0.25, 0.3) is 0 Å². The van der Waals surface area contributed by atoms with Gasteiger partial charge in [0.1, 0.15) is 0 Å². The zero-order chi connectivity index (χ0) is 9.38. The third kappa shape index (κ3) is 1.92. The van der Waals surface area contributed by atoms with Gasteiger partial charge in [0.2, 0.25) is 0 Å². The summed E-state index contributed by atoms with van der Waals surface area (Å²) in [6, 6.07) is 0. The Morgan fingerprint density at radius 1 is 1.29 bits per heavy atom. The predicted molar refractivity (Wildman–Crippen MR) is 57.0 cm³/mol. The lowest BCUT2D eigenvalue weighted by Crippen LogP contribution is -2.39. The van der Waals surface area contributed by atoms with Gasteiger partial charge >= 0.3 is 0 Å². The lowest BCUT2D eigenvalue weighted by Gasteiger charge is -2.21. The molecule has 3 aliphatic rings. The van der Waals surface area contributed by atoms with Crippen LogP contribution >= 0.6 is 0 Å². The molecule has 2 saturated carbocycles. The number of hydrazine groups is 1. The summed E-state index contributed by atoms with van der Waals surface area (Å²) in [5, 5.41) is 2.15. The molecule has 0 spiro atoms. The Hall–Kier alpha value is -0.570. The summed E-state index contributed by atoms with van der Waals surface area (Å²) in [4.78, 5) is 4.20. The van der Waals surface area contributed by atoms with Crippen LogP contribution in [0.3, 0.4) is 0 Å². The van der Waals surface area contributed by atoms with E-state index in [9.17, 15) is 0 Å². The van der Waals surface area contributed by atoms with Gasteiger partial charge in [0, 0.05) is 6.54 Å². The lowest BCUT2D eigenvalue weighted by molar-refractivity contribution is 0.273. The second kappa shape index (κ2) is 3.54. The smallest absolute Gasteiger partial charge is 0.0993 e. The first-order chi connectivity index (χ1) is 6.93. The molecule has 3 rings (SSSR count). The normalized spacial score (nSPS) is 26.5. The molecule has 3 heteroatoms. The van der Waals surface area contributed by atoms with Crippen LogP contribution in [0.5, 0.6) is 0 Å². The second-order valence-corrected chi connectivity index (χ2v) is 4.92. The van der Waals surface area contributed by atoms with E-state index >= 15 is 0 Å². The standard InChI is InChI=1S/C11H19N3/c1-2-9(1)11(10-3-4-10)7-13-14-6-5-12-8-14/h8-11,13H,1-7H2. The summed E-state index contributed by atoms with van der Waals surface area (Å²) in [6.45, 7) is 3.20. The number of hydrogen-bond acceptors (Lipinski definition) is 3. The van der Waals surface area contributed by atoms with Gasteiger partial charge in [-0.2, -0.15) is 0 Å². The zero-order valence-electron chi connectivity index (χ0n) is 8.65. The molecule has 0 saturated heterocycles. The molecule has 0 atom stereocenters. The van der Waals surface area contributed by atoms with Crippen LogP contribution in [0.4, 0.5) is 0 Å². The van der Waals surface area contributed by atoms with E-state index in [4.69, 9.17) is 0 Å². The van der Waals surface area contributed by atoms with E-state index in [1.54, 1.807) is 0 Å². The molecule has 2 aliphatic carbocycles. The summed E-state index contributed by atoms with van der Waals surface area (Å²) in [5.74, 6) is 3.06. The van der Waals surface area contributed by atoms with E-state index < -0.39 is 0 Å². The molecule has 1 N–H and O–H groups in total. The quantitative estimate of drug-likeness (QED) is 0.712. The number of aliphatic imine (C=N–C) groups is 1. The van der Waals surface area contributed by atoms with Crippen LogP contribution in [0, 0.1) is 17.8 Å². The molecule has 3 nitrogen and oxygen atoms in total. The van der Waals surface area contributed by atoms with Gasteiger partial charge in [0.15, 0.2) is 0 Å². The van der Waals surface area contributed by atoms with Crippen molar-refractivity contribution in [3.63, 3.8) is 0 Å².